The molecule has 4 rings (SSSR count). The minimum Gasteiger partial charge on any atom is -0.363 e. The van der Waals surface area contributed by atoms with Gasteiger partial charge in [0.2, 0.25) is 0 Å². The number of benzene rings is 1. The molecule has 1 aliphatic rings. The van der Waals surface area contributed by atoms with E-state index in [2.05, 4.69) is 9.88 Å². The Hall–Kier alpha value is -2.85. The molecule has 0 radical (unpaired) electrons. The largest absolute Gasteiger partial charge is 0.363 e. The van der Waals surface area contributed by atoms with Crippen LogP contribution in [0.15, 0.2) is 40.6 Å². The number of nitro benzene ring substituents is 1. The molecule has 10 heteroatoms. The number of hydrogen-bond acceptors (Lipinski definition) is 7. The zero-order valence-electron chi connectivity index (χ0n) is 14.2. The summed E-state index contributed by atoms with van der Waals surface area (Å²) in [6.45, 7) is 3.03. The zero-order chi connectivity index (χ0) is 19.0. The predicted molar refractivity (Wildman–Crippen MR) is 99.9 cm³/mol. The van der Waals surface area contributed by atoms with E-state index in [1.54, 1.807) is 6.20 Å². The Kier molecular flexibility index (Phi) is 4.58. The molecule has 0 unspecified atom stereocenters. The Morgan fingerprint density at radius 1 is 1.22 bits per heavy atom. The third-order valence-corrected chi connectivity index (χ3v) is 5.35. The van der Waals surface area contributed by atoms with E-state index in [4.69, 9.17) is 0 Å². The monoisotopic (exact) mass is 389 g/mol. The highest BCUT2D eigenvalue weighted by atomic mass is 32.1. The van der Waals surface area contributed by atoms with Crippen LogP contribution in [0.25, 0.3) is 4.96 Å². The van der Waals surface area contributed by atoms with E-state index in [1.165, 1.54) is 33.9 Å². The molecule has 3 heterocycles. The fourth-order valence-electron chi connectivity index (χ4n) is 3.26. The molecule has 27 heavy (non-hydrogen) atoms. The van der Waals surface area contributed by atoms with Crippen LogP contribution in [0.3, 0.4) is 0 Å². The van der Waals surface area contributed by atoms with Crippen LogP contribution in [-0.2, 0) is 6.54 Å². The second-order valence-corrected chi connectivity index (χ2v) is 7.17. The summed E-state index contributed by atoms with van der Waals surface area (Å²) in [7, 11) is 0. The quantitative estimate of drug-likeness (QED) is 0.502. The van der Waals surface area contributed by atoms with Crippen LogP contribution < -0.4 is 10.5 Å². The highest BCUT2D eigenvalue weighted by molar-refractivity contribution is 7.15. The van der Waals surface area contributed by atoms with Crippen molar-refractivity contribution in [2.24, 2.45) is 0 Å². The molecule has 0 amide bonds. The topological polar surface area (TPSA) is 84.0 Å². The van der Waals surface area contributed by atoms with Crippen molar-refractivity contribution in [3.8, 4) is 0 Å². The lowest BCUT2D eigenvalue weighted by molar-refractivity contribution is -0.384. The summed E-state index contributed by atoms with van der Waals surface area (Å²) in [5, 5.41) is 13.0. The molecule has 2 aromatic heterocycles. The van der Waals surface area contributed by atoms with Gasteiger partial charge >= 0.3 is 0 Å². The van der Waals surface area contributed by atoms with E-state index in [0.29, 0.717) is 49.1 Å². The number of piperazine rings is 1. The van der Waals surface area contributed by atoms with Crippen molar-refractivity contribution in [2.45, 2.75) is 6.54 Å². The molecule has 1 saturated heterocycles. The standard InChI is InChI=1S/C17H16FN5O3S/c18-12-1-2-14(15(9-12)23(25)26)21-5-3-20(4-6-21)11-13-10-16(24)22-7-8-27-17(22)19-13/h1-2,7-10H,3-6,11H2. The van der Waals surface area contributed by atoms with Gasteiger partial charge in [-0.15, -0.1) is 11.3 Å². The zero-order valence-corrected chi connectivity index (χ0v) is 15.1. The number of nitrogens with zero attached hydrogens (tertiary/aromatic N) is 5. The first-order valence-electron chi connectivity index (χ1n) is 8.38. The minimum atomic E-state index is -0.620. The minimum absolute atomic E-state index is 0.100. The first-order valence-corrected chi connectivity index (χ1v) is 9.26. The molecule has 1 fully saturated rings. The highest BCUT2D eigenvalue weighted by Crippen LogP contribution is 2.29. The first kappa shape index (κ1) is 17.6. The molecule has 0 atom stereocenters. The summed E-state index contributed by atoms with van der Waals surface area (Å²) < 4.78 is 14.8. The maximum Gasteiger partial charge on any atom is 0.295 e. The van der Waals surface area contributed by atoms with Crippen LogP contribution in [0.1, 0.15) is 5.69 Å². The Bertz CT molecular complexity index is 1060. The lowest BCUT2D eigenvalue weighted by Gasteiger charge is -2.35. The van der Waals surface area contributed by atoms with Gasteiger partial charge in [-0.05, 0) is 12.1 Å². The molecule has 1 aliphatic heterocycles. The molecule has 0 saturated carbocycles. The summed E-state index contributed by atoms with van der Waals surface area (Å²) >= 11 is 1.41. The number of halogens is 1. The van der Waals surface area contributed by atoms with Gasteiger partial charge in [0.05, 0.1) is 16.7 Å². The van der Waals surface area contributed by atoms with Crippen molar-refractivity contribution in [1.82, 2.24) is 14.3 Å². The smallest absolute Gasteiger partial charge is 0.295 e. The average molecular weight is 389 g/mol. The predicted octanol–water partition coefficient (Wildman–Crippen LogP) is 2.13. The Morgan fingerprint density at radius 3 is 2.74 bits per heavy atom. The average Bonchev–Trinajstić information content (AvgIpc) is 3.11. The van der Waals surface area contributed by atoms with E-state index in [9.17, 15) is 19.3 Å². The van der Waals surface area contributed by atoms with Crippen molar-refractivity contribution < 1.29 is 9.31 Å². The van der Waals surface area contributed by atoms with Gasteiger partial charge in [0.15, 0.2) is 4.96 Å². The van der Waals surface area contributed by atoms with Gasteiger partial charge in [0, 0.05) is 50.4 Å². The Morgan fingerprint density at radius 2 is 2.00 bits per heavy atom. The van der Waals surface area contributed by atoms with Gasteiger partial charge in [0.1, 0.15) is 11.5 Å². The molecule has 0 aliphatic carbocycles. The molecule has 140 valence electrons. The molecule has 8 nitrogen and oxygen atoms in total. The lowest BCUT2D eigenvalue weighted by Crippen LogP contribution is -2.46. The Labute approximate surface area is 157 Å². The summed E-state index contributed by atoms with van der Waals surface area (Å²) in [4.78, 5) is 31.9. The number of fused-ring (bicyclic) bond motifs is 1. The molecule has 0 bridgehead atoms. The van der Waals surface area contributed by atoms with Crippen molar-refractivity contribution in [3.63, 3.8) is 0 Å². The maximum atomic E-state index is 13.3. The van der Waals surface area contributed by atoms with Gasteiger partial charge in [-0.25, -0.2) is 9.37 Å². The van der Waals surface area contributed by atoms with Crippen molar-refractivity contribution in [1.29, 1.82) is 0 Å². The summed E-state index contributed by atoms with van der Waals surface area (Å²) in [5.74, 6) is -0.620. The van der Waals surface area contributed by atoms with E-state index >= 15 is 0 Å². The maximum absolute atomic E-state index is 13.3. The van der Waals surface area contributed by atoms with Gasteiger partial charge in [-0.2, -0.15) is 0 Å². The number of hydrogen-bond donors (Lipinski definition) is 0. The normalized spacial score (nSPS) is 15.4. The number of nitro groups is 1. The number of thiazole rings is 1. The summed E-state index contributed by atoms with van der Waals surface area (Å²) in [5.41, 5.74) is 0.819. The molecular weight excluding hydrogens is 373 g/mol. The lowest BCUT2D eigenvalue weighted by atomic mass is 10.2. The van der Waals surface area contributed by atoms with E-state index in [-0.39, 0.29) is 11.2 Å². The van der Waals surface area contributed by atoms with Crippen molar-refractivity contribution >= 4 is 27.7 Å². The van der Waals surface area contributed by atoms with Crippen molar-refractivity contribution in [2.75, 3.05) is 31.1 Å². The molecule has 0 spiro atoms. The van der Waals surface area contributed by atoms with E-state index in [0.717, 1.165) is 6.07 Å². The Balaban J connectivity index is 1.46. The van der Waals surface area contributed by atoms with Gasteiger partial charge < -0.3 is 4.90 Å². The molecule has 3 aromatic rings. The second kappa shape index (κ2) is 7.05. The third kappa shape index (κ3) is 3.53. The van der Waals surface area contributed by atoms with Crippen LogP contribution >= 0.6 is 11.3 Å². The number of rotatable bonds is 4. The van der Waals surface area contributed by atoms with Gasteiger partial charge in [-0.1, -0.05) is 0 Å². The second-order valence-electron chi connectivity index (χ2n) is 6.29. The number of aromatic nitrogens is 2. The fraction of sp³-hybridized carbons (Fsp3) is 0.294. The fourth-order valence-corrected chi connectivity index (χ4v) is 3.99. The first-order chi connectivity index (χ1) is 13.0. The van der Waals surface area contributed by atoms with Crippen LogP contribution in [0.4, 0.5) is 15.8 Å². The van der Waals surface area contributed by atoms with Crippen LogP contribution in [-0.4, -0.2) is 45.4 Å². The summed E-state index contributed by atoms with van der Waals surface area (Å²) in [6.07, 6.45) is 1.70. The van der Waals surface area contributed by atoms with Gasteiger partial charge in [-0.3, -0.25) is 24.2 Å². The third-order valence-electron chi connectivity index (χ3n) is 4.59. The van der Waals surface area contributed by atoms with Gasteiger partial charge in [0.25, 0.3) is 11.2 Å². The summed E-state index contributed by atoms with van der Waals surface area (Å²) in [6, 6.07) is 5.19. The van der Waals surface area contributed by atoms with Crippen molar-refractivity contribution in [3.05, 3.63) is 67.8 Å². The SMILES string of the molecule is O=c1cc(CN2CCN(c3ccc(F)cc3[N+](=O)[O-])CC2)nc2sccn12. The number of anilines is 1. The molecule has 1 aromatic carbocycles. The van der Waals surface area contributed by atoms with Crippen LogP contribution in [0.5, 0.6) is 0 Å². The van der Waals surface area contributed by atoms with Crippen LogP contribution in [0.2, 0.25) is 0 Å². The molecular formula is C17H16FN5O3S. The van der Waals surface area contributed by atoms with E-state index in [1.807, 2.05) is 10.3 Å². The molecule has 0 N–H and O–H groups in total. The van der Waals surface area contributed by atoms with Crippen LogP contribution in [0, 0.1) is 15.9 Å². The highest BCUT2D eigenvalue weighted by Gasteiger charge is 2.24. The van der Waals surface area contributed by atoms with E-state index < -0.39 is 10.7 Å².